The summed E-state index contributed by atoms with van der Waals surface area (Å²) in [5.41, 5.74) is 13.8. The fourth-order valence-corrected chi connectivity index (χ4v) is 5.05. The third-order valence-corrected chi connectivity index (χ3v) is 7.26. The lowest BCUT2D eigenvalue weighted by atomic mass is 10.0. The van der Waals surface area contributed by atoms with Crippen molar-refractivity contribution >= 4 is 28.7 Å². The Hall–Kier alpha value is -4.80. The molecule has 4 aromatic rings. The number of likely N-dealkylation sites (tertiary alicyclic amines) is 1. The molecule has 0 radical (unpaired) electrons. The molecule has 11 heteroatoms. The Morgan fingerprint density at radius 2 is 1.82 bits per heavy atom. The van der Waals surface area contributed by atoms with Crippen LogP contribution >= 0.6 is 0 Å². The molecule has 2 amide bonds. The Kier molecular flexibility index (Phi) is 6.63. The van der Waals surface area contributed by atoms with Gasteiger partial charge in [-0.25, -0.2) is 19.0 Å². The number of benzene rings is 2. The summed E-state index contributed by atoms with van der Waals surface area (Å²) in [7, 11) is 0. The molecule has 0 spiro atoms. The van der Waals surface area contributed by atoms with Crippen LogP contribution in [0.4, 0.5) is 10.2 Å². The van der Waals surface area contributed by atoms with E-state index in [-0.39, 0.29) is 35.0 Å². The minimum atomic E-state index is -0.700. The summed E-state index contributed by atoms with van der Waals surface area (Å²) in [4.78, 5) is 35.6. The normalized spacial score (nSPS) is 17.7. The van der Waals surface area contributed by atoms with Gasteiger partial charge in [-0.05, 0) is 68.0 Å². The van der Waals surface area contributed by atoms with Crippen LogP contribution in [0.1, 0.15) is 31.7 Å². The molecule has 6 rings (SSSR count). The fraction of sp³-hybridized carbons (Fsp3) is 0.276. The van der Waals surface area contributed by atoms with Gasteiger partial charge in [-0.2, -0.15) is 5.10 Å². The highest BCUT2D eigenvalue weighted by Gasteiger charge is 2.32. The van der Waals surface area contributed by atoms with E-state index in [1.54, 1.807) is 46.0 Å². The molecular weight excluding hydrogens is 513 g/mol. The summed E-state index contributed by atoms with van der Waals surface area (Å²) in [6.45, 7) is 0.876. The molecular formula is C29H28FN7O3. The zero-order chi connectivity index (χ0) is 27.8. The molecule has 1 saturated carbocycles. The number of ether oxygens (including phenoxy) is 1. The van der Waals surface area contributed by atoms with Crippen molar-refractivity contribution in [2.75, 3.05) is 18.8 Å². The summed E-state index contributed by atoms with van der Waals surface area (Å²) < 4.78 is 21.5. The van der Waals surface area contributed by atoms with E-state index in [1.165, 1.54) is 12.4 Å². The van der Waals surface area contributed by atoms with Crippen molar-refractivity contribution < 1.29 is 18.7 Å². The number of nitrogen functional groups attached to an aromatic ring is 1. The van der Waals surface area contributed by atoms with Crippen molar-refractivity contribution in [2.45, 2.75) is 31.7 Å². The Morgan fingerprint density at radius 1 is 1.05 bits per heavy atom. The van der Waals surface area contributed by atoms with E-state index in [9.17, 15) is 14.0 Å². The largest absolute Gasteiger partial charge is 0.454 e. The first kappa shape index (κ1) is 25.5. The third-order valence-electron chi connectivity index (χ3n) is 7.26. The number of carbonyl (C=O) groups is 2. The van der Waals surface area contributed by atoms with Crippen LogP contribution in [0.5, 0.6) is 11.5 Å². The zero-order valence-electron chi connectivity index (χ0n) is 21.7. The van der Waals surface area contributed by atoms with E-state index in [4.69, 9.17) is 21.3 Å². The first-order valence-corrected chi connectivity index (χ1v) is 13.2. The van der Waals surface area contributed by atoms with Crippen molar-refractivity contribution in [1.29, 1.82) is 0 Å². The number of nitrogens with two attached hydrogens (primary N) is 2. The van der Waals surface area contributed by atoms with Crippen molar-refractivity contribution in [3.8, 4) is 22.8 Å². The van der Waals surface area contributed by atoms with Gasteiger partial charge >= 0.3 is 0 Å². The number of nitrogens with zero attached hydrogens (tertiary/aromatic N) is 5. The molecule has 2 fully saturated rings. The van der Waals surface area contributed by atoms with Crippen LogP contribution in [0.15, 0.2) is 66.5 Å². The van der Waals surface area contributed by atoms with E-state index >= 15 is 0 Å². The molecule has 0 bridgehead atoms. The Morgan fingerprint density at radius 3 is 2.55 bits per heavy atom. The second kappa shape index (κ2) is 10.4. The highest BCUT2D eigenvalue weighted by Crippen LogP contribution is 2.36. The highest BCUT2D eigenvalue weighted by molar-refractivity contribution is 6.17. The Balaban J connectivity index is 1.30. The Labute approximate surface area is 229 Å². The second-order valence-corrected chi connectivity index (χ2v) is 10.1. The molecule has 40 heavy (non-hydrogen) atoms. The maximum absolute atomic E-state index is 14.0. The minimum Gasteiger partial charge on any atom is -0.454 e. The number of piperidine rings is 1. The van der Waals surface area contributed by atoms with Crippen molar-refractivity contribution in [1.82, 2.24) is 24.6 Å². The number of halogens is 1. The van der Waals surface area contributed by atoms with Gasteiger partial charge in [0.2, 0.25) is 0 Å². The lowest BCUT2D eigenvalue weighted by molar-refractivity contribution is -0.131. The Bertz CT molecular complexity index is 1630. The molecule has 4 N–H and O–H groups in total. The number of allylic oxidation sites excluding steroid dienone is 1. The van der Waals surface area contributed by atoms with Gasteiger partial charge in [0, 0.05) is 18.7 Å². The van der Waals surface area contributed by atoms with E-state index in [0.717, 1.165) is 31.2 Å². The van der Waals surface area contributed by atoms with Crippen molar-refractivity contribution in [3.63, 3.8) is 0 Å². The van der Waals surface area contributed by atoms with E-state index < -0.39 is 11.7 Å². The number of anilines is 1. The van der Waals surface area contributed by atoms with E-state index in [2.05, 4.69) is 9.97 Å². The maximum atomic E-state index is 14.0. The molecule has 2 aliphatic rings. The van der Waals surface area contributed by atoms with Crippen LogP contribution in [0.25, 0.3) is 22.3 Å². The molecule has 204 valence electrons. The topological polar surface area (TPSA) is 142 Å². The summed E-state index contributed by atoms with van der Waals surface area (Å²) in [6, 6.07) is 13.1. The summed E-state index contributed by atoms with van der Waals surface area (Å²) in [5.74, 6) is -0.377. The minimum absolute atomic E-state index is 0.0541. The zero-order valence-corrected chi connectivity index (χ0v) is 21.7. The third kappa shape index (κ3) is 4.97. The number of carbonyl (C=O) groups excluding carboxylic acids is 2. The van der Waals surface area contributed by atoms with Crippen LogP contribution < -0.4 is 16.2 Å². The first-order chi connectivity index (χ1) is 19.4. The number of rotatable bonds is 7. The monoisotopic (exact) mass is 541 g/mol. The quantitative estimate of drug-likeness (QED) is 0.205. The average molecular weight is 542 g/mol. The van der Waals surface area contributed by atoms with Gasteiger partial charge in [-0.1, -0.05) is 18.2 Å². The lowest BCUT2D eigenvalue weighted by Crippen LogP contribution is -2.43. The van der Waals surface area contributed by atoms with Gasteiger partial charge in [0.25, 0.3) is 11.8 Å². The highest BCUT2D eigenvalue weighted by atomic mass is 19.1. The lowest BCUT2D eigenvalue weighted by Gasteiger charge is -2.33. The number of aromatic nitrogens is 4. The molecule has 2 aromatic heterocycles. The number of fused-ring (bicyclic) bond motifs is 1. The maximum Gasteiger partial charge on any atom is 0.259 e. The van der Waals surface area contributed by atoms with E-state index in [0.29, 0.717) is 35.6 Å². The molecule has 1 saturated heterocycles. The predicted octanol–water partition coefficient (Wildman–Crippen LogP) is 3.99. The SMILES string of the molecule is NC(=O)/C(=C\C1CC1)C(=O)N1CCC[C@@H](n2nc(-c3ccc(Oc4ccccc4F)cc3)c3c(N)ncnc32)C1. The number of hydrogen-bond donors (Lipinski definition) is 2. The van der Waals surface area contributed by atoms with Crippen molar-refractivity contribution in [2.24, 2.45) is 11.7 Å². The second-order valence-electron chi connectivity index (χ2n) is 10.1. The van der Waals surface area contributed by atoms with Crippen molar-refractivity contribution in [3.05, 3.63) is 72.3 Å². The van der Waals surface area contributed by atoms with Gasteiger partial charge < -0.3 is 21.1 Å². The molecule has 2 aromatic carbocycles. The summed E-state index contributed by atoms with van der Waals surface area (Å²) >= 11 is 0. The van der Waals surface area contributed by atoms with E-state index in [1.807, 2.05) is 12.1 Å². The van der Waals surface area contributed by atoms with Crippen LogP contribution in [0.2, 0.25) is 0 Å². The number of hydrogen-bond acceptors (Lipinski definition) is 7. The fourth-order valence-electron chi connectivity index (χ4n) is 5.05. The smallest absolute Gasteiger partial charge is 0.259 e. The number of primary amides is 1. The average Bonchev–Trinajstić information content (AvgIpc) is 3.70. The summed E-state index contributed by atoms with van der Waals surface area (Å²) in [6.07, 6.45) is 6.52. The molecule has 10 nitrogen and oxygen atoms in total. The van der Waals surface area contributed by atoms with Crippen LogP contribution in [-0.2, 0) is 9.59 Å². The number of para-hydroxylation sites is 1. The summed E-state index contributed by atoms with van der Waals surface area (Å²) in [5, 5.41) is 5.49. The van der Waals surface area contributed by atoms with Crippen LogP contribution in [-0.4, -0.2) is 49.6 Å². The number of amides is 2. The van der Waals surface area contributed by atoms with Gasteiger partial charge in [-0.15, -0.1) is 0 Å². The van der Waals surface area contributed by atoms with Gasteiger partial charge in [-0.3, -0.25) is 9.59 Å². The van der Waals surface area contributed by atoms with Crippen LogP contribution in [0.3, 0.4) is 0 Å². The molecule has 1 aliphatic carbocycles. The standard InChI is InChI=1S/C29H28FN7O3/c30-22-5-1-2-6-23(22)40-20-11-9-18(10-12-20)25-24-26(31)33-16-34-28(24)37(35-25)19-4-3-13-36(15-19)29(39)21(27(32)38)14-17-7-8-17/h1-2,5-6,9-12,14,16-17,19H,3-4,7-8,13,15H2,(H2,32,38)(H2,31,33,34)/b21-14+/t19-/m1/s1. The molecule has 0 unspecified atom stereocenters. The first-order valence-electron chi connectivity index (χ1n) is 13.2. The molecule has 1 atom stereocenters. The van der Waals surface area contributed by atoms with Gasteiger partial charge in [0.15, 0.2) is 17.2 Å². The van der Waals surface area contributed by atoms with Gasteiger partial charge in [0.1, 0.15) is 29.2 Å². The molecule has 1 aliphatic heterocycles. The predicted molar refractivity (Wildman–Crippen MR) is 146 cm³/mol. The van der Waals surface area contributed by atoms with Crippen LogP contribution in [0, 0.1) is 11.7 Å². The molecule has 3 heterocycles. The van der Waals surface area contributed by atoms with Gasteiger partial charge in [0.05, 0.1) is 11.4 Å².